The molecule has 3 nitrogen and oxygen atoms in total. The Balaban J connectivity index is 2.27. The van der Waals surface area contributed by atoms with Gasteiger partial charge in [-0.2, -0.15) is 0 Å². The number of hydrogen-bond donors (Lipinski definition) is 0. The van der Waals surface area contributed by atoms with Gasteiger partial charge in [0.1, 0.15) is 0 Å². The van der Waals surface area contributed by atoms with Gasteiger partial charge in [-0.25, -0.2) is 4.48 Å². The van der Waals surface area contributed by atoms with Crippen LogP contribution in [0.3, 0.4) is 0 Å². The number of quaternary nitrogens is 1. The molecule has 0 N–H and O–H groups in total. The van der Waals surface area contributed by atoms with Gasteiger partial charge in [0.2, 0.25) is 5.69 Å². The molecule has 3 rings (SSSR count). The van der Waals surface area contributed by atoms with Gasteiger partial charge in [-0.15, -0.1) is 0 Å². The number of azo groups is 2. The standard InChI is InChI=1S/C18H23N3/c1-13-11-14(2)18-17(15(13)3)19-20(12-21(18,4)5)16-9-7-6-8-10-16/h6-11H,12H2,1-5H3/q+2. The second-order valence-electron chi connectivity index (χ2n) is 6.49. The number of para-hydroxylation sites is 1. The minimum atomic E-state index is 0.820. The normalized spacial score (nSPS) is 16.3. The van der Waals surface area contributed by atoms with Crippen LogP contribution in [0, 0.1) is 20.8 Å². The number of fused-ring (bicyclic) bond motifs is 1. The molecule has 2 aromatic rings. The van der Waals surface area contributed by atoms with Crippen molar-refractivity contribution in [2.75, 3.05) is 20.8 Å². The molecule has 3 heteroatoms. The molecule has 0 saturated carbocycles. The molecule has 0 atom stereocenters. The minimum Gasteiger partial charge on any atom is -0.237 e. The predicted molar refractivity (Wildman–Crippen MR) is 87.6 cm³/mol. The molecule has 0 spiro atoms. The van der Waals surface area contributed by atoms with Gasteiger partial charge >= 0.3 is 6.67 Å². The third-order valence-corrected chi connectivity index (χ3v) is 4.35. The van der Waals surface area contributed by atoms with Crippen LogP contribution in [0.15, 0.2) is 41.5 Å². The molecule has 0 amide bonds. The molecule has 0 radical (unpaired) electrons. The lowest BCUT2D eigenvalue weighted by molar-refractivity contribution is -0.529. The highest BCUT2D eigenvalue weighted by molar-refractivity contribution is 5.73. The first kappa shape index (κ1) is 14.0. The molecule has 1 heterocycles. The van der Waals surface area contributed by atoms with Crippen LogP contribution in [0.5, 0.6) is 0 Å². The van der Waals surface area contributed by atoms with Crippen molar-refractivity contribution < 1.29 is 4.70 Å². The molecule has 0 aromatic heterocycles. The Labute approximate surface area is 126 Å². The van der Waals surface area contributed by atoms with Crippen molar-refractivity contribution in [3.63, 3.8) is 0 Å². The molecule has 1 aliphatic heterocycles. The summed E-state index contributed by atoms with van der Waals surface area (Å²) in [6.45, 7) is 7.38. The van der Waals surface area contributed by atoms with E-state index in [9.17, 15) is 0 Å². The van der Waals surface area contributed by atoms with Crippen LogP contribution in [0.25, 0.3) is 0 Å². The Morgan fingerprint density at radius 2 is 1.67 bits per heavy atom. The summed E-state index contributed by atoms with van der Waals surface area (Å²) >= 11 is 0. The molecule has 0 aliphatic carbocycles. The highest BCUT2D eigenvalue weighted by atomic mass is 15.5. The largest absolute Gasteiger partial charge is 0.306 e. The van der Waals surface area contributed by atoms with Crippen molar-refractivity contribution >= 4 is 17.1 Å². The van der Waals surface area contributed by atoms with E-state index in [1.165, 1.54) is 22.4 Å². The van der Waals surface area contributed by atoms with Crippen molar-refractivity contribution in [1.82, 2.24) is 4.48 Å². The number of rotatable bonds is 1. The molecule has 1 aliphatic rings. The molecule has 21 heavy (non-hydrogen) atoms. The summed E-state index contributed by atoms with van der Waals surface area (Å²) in [6.07, 6.45) is 0. The van der Waals surface area contributed by atoms with Crippen LogP contribution < -0.4 is 4.48 Å². The van der Waals surface area contributed by atoms with Crippen LogP contribution in [0.2, 0.25) is 0 Å². The average Bonchev–Trinajstić information content (AvgIpc) is 2.44. The van der Waals surface area contributed by atoms with Crippen molar-refractivity contribution in [3.8, 4) is 0 Å². The van der Waals surface area contributed by atoms with E-state index in [0.717, 1.165) is 22.5 Å². The second-order valence-corrected chi connectivity index (χ2v) is 6.49. The lowest BCUT2D eigenvalue weighted by Gasteiger charge is -2.31. The molecule has 0 saturated heterocycles. The van der Waals surface area contributed by atoms with E-state index in [2.05, 4.69) is 69.9 Å². The summed E-state index contributed by atoms with van der Waals surface area (Å²) in [5, 5.41) is 4.95. The topological polar surface area (TPSA) is 15.4 Å². The van der Waals surface area contributed by atoms with Crippen molar-refractivity contribution in [2.24, 2.45) is 5.11 Å². The first-order valence-electron chi connectivity index (χ1n) is 7.39. The van der Waals surface area contributed by atoms with E-state index >= 15 is 0 Å². The average molecular weight is 281 g/mol. The highest BCUT2D eigenvalue weighted by Gasteiger charge is 2.38. The molecular weight excluding hydrogens is 258 g/mol. The van der Waals surface area contributed by atoms with Gasteiger partial charge in [-0.3, -0.25) is 0 Å². The van der Waals surface area contributed by atoms with Crippen molar-refractivity contribution in [1.29, 1.82) is 0 Å². The van der Waals surface area contributed by atoms with Crippen LogP contribution >= 0.6 is 0 Å². The SMILES string of the molecule is Cc1cc(C)c2c(c1C)N=[N+](c1ccccc1)C[N+]2(C)C. The van der Waals surface area contributed by atoms with E-state index in [-0.39, 0.29) is 0 Å². The summed E-state index contributed by atoms with van der Waals surface area (Å²) < 4.78 is 2.94. The summed E-state index contributed by atoms with van der Waals surface area (Å²) in [6, 6.07) is 12.7. The molecule has 2 aromatic carbocycles. The molecule has 108 valence electrons. The molecule has 0 unspecified atom stereocenters. The zero-order valence-corrected chi connectivity index (χ0v) is 13.5. The van der Waals surface area contributed by atoms with Crippen LogP contribution in [-0.2, 0) is 0 Å². The quantitative estimate of drug-likeness (QED) is 0.537. The van der Waals surface area contributed by atoms with Crippen molar-refractivity contribution in [3.05, 3.63) is 53.1 Å². The summed E-state index contributed by atoms with van der Waals surface area (Å²) in [7, 11) is 4.51. The Morgan fingerprint density at radius 1 is 1.00 bits per heavy atom. The van der Waals surface area contributed by atoms with Gasteiger partial charge in [0.15, 0.2) is 11.4 Å². The number of nitrogens with zero attached hydrogens (tertiary/aromatic N) is 3. The van der Waals surface area contributed by atoms with Gasteiger partial charge in [0.05, 0.1) is 14.1 Å². The maximum atomic E-state index is 4.95. The fraction of sp³-hybridized carbons (Fsp3) is 0.333. The Bertz CT molecular complexity index is 728. The lowest BCUT2D eigenvalue weighted by Crippen LogP contribution is -2.47. The zero-order chi connectivity index (χ0) is 15.2. The Hall–Kier alpha value is -2.00. The third kappa shape index (κ3) is 2.28. The van der Waals surface area contributed by atoms with Crippen LogP contribution in [-0.4, -0.2) is 25.5 Å². The highest BCUT2D eigenvalue weighted by Crippen LogP contribution is 2.43. The summed E-state index contributed by atoms with van der Waals surface area (Å²) in [5.41, 5.74) is 7.53. The maximum Gasteiger partial charge on any atom is 0.306 e. The molecular formula is C18H23N3+2. The minimum absolute atomic E-state index is 0.820. The maximum absolute atomic E-state index is 4.95. The predicted octanol–water partition coefficient (Wildman–Crippen LogP) is 4.58. The van der Waals surface area contributed by atoms with Gasteiger partial charge in [-0.05, 0) is 36.6 Å². The smallest absolute Gasteiger partial charge is 0.237 e. The summed E-state index contributed by atoms with van der Waals surface area (Å²) in [5.74, 6) is 0. The lowest BCUT2D eigenvalue weighted by atomic mass is 10.00. The fourth-order valence-corrected chi connectivity index (χ4v) is 3.24. The molecule has 0 fully saturated rings. The Morgan fingerprint density at radius 3 is 2.33 bits per heavy atom. The Kier molecular flexibility index (Phi) is 3.18. The van der Waals surface area contributed by atoms with Crippen molar-refractivity contribution in [2.45, 2.75) is 20.8 Å². The van der Waals surface area contributed by atoms with E-state index in [4.69, 9.17) is 5.11 Å². The van der Waals surface area contributed by atoms with E-state index < -0.39 is 0 Å². The fourth-order valence-electron chi connectivity index (χ4n) is 3.24. The van der Waals surface area contributed by atoms with E-state index in [0.29, 0.717) is 0 Å². The molecule has 0 bridgehead atoms. The first-order chi connectivity index (χ1) is 9.90. The van der Waals surface area contributed by atoms with Gasteiger partial charge in [0, 0.05) is 22.8 Å². The van der Waals surface area contributed by atoms with Gasteiger partial charge in [0.25, 0.3) is 0 Å². The number of benzene rings is 2. The van der Waals surface area contributed by atoms with Gasteiger partial charge in [-0.1, -0.05) is 24.3 Å². The zero-order valence-electron chi connectivity index (χ0n) is 13.5. The first-order valence-corrected chi connectivity index (χ1v) is 7.39. The monoisotopic (exact) mass is 281 g/mol. The van der Waals surface area contributed by atoms with Gasteiger partial charge < -0.3 is 0 Å². The number of aryl methyl sites for hydroxylation is 2. The van der Waals surface area contributed by atoms with E-state index in [1.807, 2.05) is 6.07 Å². The second kappa shape index (κ2) is 4.78. The van der Waals surface area contributed by atoms with Crippen LogP contribution in [0.1, 0.15) is 16.7 Å². The van der Waals surface area contributed by atoms with E-state index in [1.54, 1.807) is 0 Å². The van der Waals surface area contributed by atoms with Crippen LogP contribution in [0.4, 0.5) is 17.1 Å². The summed E-state index contributed by atoms with van der Waals surface area (Å²) in [4.78, 5) is 0. The third-order valence-electron chi connectivity index (χ3n) is 4.35. The number of hydrogen-bond acceptors (Lipinski definition) is 1.